The minimum atomic E-state index is -0.887. The van der Waals surface area contributed by atoms with Gasteiger partial charge in [-0.2, -0.15) is 0 Å². The van der Waals surface area contributed by atoms with Gasteiger partial charge in [0.25, 0.3) is 0 Å². The molecule has 0 radical (unpaired) electrons. The Hall–Kier alpha value is -1.72. The maximum atomic E-state index is 11.0. The van der Waals surface area contributed by atoms with Crippen LogP contribution in [0.5, 0.6) is 0 Å². The van der Waals surface area contributed by atoms with Crippen LogP contribution < -0.4 is 0 Å². The van der Waals surface area contributed by atoms with E-state index in [4.69, 9.17) is 9.52 Å². The van der Waals surface area contributed by atoms with Crippen molar-refractivity contribution in [2.24, 2.45) is 0 Å². The molecule has 3 aromatic rings. The summed E-state index contributed by atoms with van der Waals surface area (Å²) >= 11 is 4.95. The quantitative estimate of drug-likeness (QED) is 0.634. The number of hydrogen-bond donors (Lipinski definition) is 1. The lowest BCUT2D eigenvalue weighted by atomic mass is 10.0. The third-order valence-corrected chi connectivity index (χ3v) is 4.79. The molecule has 2 aromatic carbocycles. The Bertz CT molecular complexity index is 837. The monoisotopic (exact) mass is 376 g/mol. The second-order valence-electron chi connectivity index (χ2n) is 4.85. The van der Waals surface area contributed by atoms with Gasteiger partial charge >= 0.3 is 5.97 Å². The van der Waals surface area contributed by atoms with Gasteiger partial charge in [-0.05, 0) is 41.6 Å². The van der Waals surface area contributed by atoms with Crippen LogP contribution in [-0.4, -0.2) is 17.3 Å². The van der Waals surface area contributed by atoms with Gasteiger partial charge in [-0.15, -0.1) is 11.8 Å². The Kier molecular flexibility index (Phi) is 4.27. The van der Waals surface area contributed by atoms with Crippen molar-refractivity contribution in [3.8, 4) is 11.1 Å². The van der Waals surface area contributed by atoms with E-state index in [1.165, 1.54) is 11.8 Å². The van der Waals surface area contributed by atoms with Crippen LogP contribution in [0.2, 0.25) is 0 Å². The minimum absolute atomic E-state index is 0.0987. The van der Waals surface area contributed by atoms with E-state index in [-0.39, 0.29) is 6.42 Å². The SMILES string of the molecule is CSc1c(CC(=O)O)oc2ccc(-c3ccc(Br)cc3)cc12. The summed E-state index contributed by atoms with van der Waals surface area (Å²) in [6.45, 7) is 0. The molecule has 0 saturated carbocycles. The molecule has 5 heteroatoms. The average molecular weight is 377 g/mol. The fraction of sp³-hybridized carbons (Fsp3) is 0.118. The number of aliphatic carboxylic acids is 1. The van der Waals surface area contributed by atoms with Crippen molar-refractivity contribution in [3.63, 3.8) is 0 Å². The molecule has 0 aliphatic rings. The summed E-state index contributed by atoms with van der Waals surface area (Å²) < 4.78 is 6.74. The van der Waals surface area contributed by atoms with Gasteiger partial charge < -0.3 is 9.52 Å². The van der Waals surface area contributed by atoms with Crippen molar-refractivity contribution < 1.29 is 14.3 Å². The average Bonchev–Trinajstić information content (AvgIpc) is 2.83. The molecular formula is C17H13BrO3S. The van der Waals surface area contributed by atoms with Gasteiger partial charge in [-0.1, -0.05) is 34.1 Å². The molecule has 0 atom stereocenters. The van der Waals surface area contributed by atoms with Gasteiger partial charge in [0.2, 0.25) is 0 Å². The molecule has 0 amide bonds. The normalized spacial score (nSPS) is 11.0. The van der Waals surface area contributed by atoms with Gasteiger partial charge in [0, 0.05) is 9.86 Å². The number of carboxylic acids is 1. The Labute approximate surface area is 140 Å². The molecule has 0 unspecified atom stereocenters. The number of benzene rings is 2. The summed E-state index contributed by atoms with van der Waals surface area (Å²) in [7, 11) is 0. The van der Waals surface area contributed by atoms with Crippen molar-refractivity contribution in [3.05, 3.63) is 52.7 Å². The number of furan rings is 1. The van der Waals surface area contributed by atoms with E-state index in [0.29, 0.717) is 5.76 Å². The molecule has 1 aromatic heterocycles. The van der Waals surface area contributed by atoms with Crippen LogP contribution in [0, 0.1) is 0 Å². The number of thioether (sulfide) groups is 1. The highest BCUT2D eigenvalue weighted by atomic mass is 79.9. The molecule has 0 saturated heterocycles. The predicted molar refractivity (Wildman–Crippen MR) is 92.5 cm³/mol. The Morgan fingerprint density at radius 1 is 1.18 bits per heavy atom. The highest BCUT2D eigenvalue weighted by Crippen LogP contribution is 2.36. The number of carbonyl (C=O) groups is 1. The first-order valence-corrected chi connectivity index (χ1v) is 8.67. The molecule has 0 aliphatic heterocycles. The molecular weight excluding hydrogens is 364 g/mol. The van der Waals surface area contributed by atoms with Crippen LogP contribution in [0.3, 0.4) is 0 Å². The van der Waals surface area contributed by atoms with Crippen molar-refractivity contribution in [2.75, 3.05) is 6.26 Å². The molecule has 112 valence electrons. The van der Waals surface area contributed by atoms with Gasteiger partial charge in [0.1, 0.15) is 17.8 Å². The van der Waals surface area contributed by atoms with Gasteiger partial charge in [0.15, 0.2) is 0 Å². The number of hydrogen-bond acceptors (Lipinski definition) is 3. The zero-order valence-electron chi connectivity index (χ0n) is 11.8. The van der Waals surface area contributed by atoms with E-state index in [2.05, 4.69) is 22.0 Å². The summed E-state index contributed by atoms with van der Waals surface area (Å²) in [5.41, 5.74) is 2.91. The van der Waals surface area contributed by atoms with Crippen LogP contribution in [0.15, 0.2) is 56.2 Å². The molecule has 0 bridgehead atoms. The summed E-state index contributed by atoms with van der Waals surface area (Å²) in [4.78, 5) is 11.9. The largest absolute Gasteiger partial charge is 0.481 e. The Morgan fingerprint density at radius 2 is 1.86 bits per heavy atom. The smallest absolute Gasteiger partial charge is 0.311 e. The fourth-order valence-corrected chi connectivity index (χ4v) is 3.41. The lowest BCUT2D eigenvalue weighted by Gasteiger charge is -2.02. The van der Waals surface area contributed by atoms with Crippen LogP contribution in [-0.2, 0) is 11.2 Å². The van der Waals surface area contributed by atoms with Crippen molar-refractivity contribution >= 4 is 44.6 Å². The van der Waals surface area contributed by atoms with Gasteiger partial charge in [0.05, 0.1) is 4.90 Å². The zero-order chi connectivity index (χ0) is 15.7. The lowest BCUT2D eigenvalue weighted by molar-refractivity contribution is -0.136. The second-order valence-corrected chi connectivity index (χ2v) is 6.58. The predicted octanol–water partition coefficient (Wildman–Crippen LogP) is 5.21. The molecule has 1 heterocycles. The maximum Gasteiger partial charge on any atom is 0.311 e. The van der Waals surface area contributed by atoms with E-state index in [1.54, 1.807) is 0 Å². The van der Waals surface area contributed by atoms with E-state index < -0.39 is 5.97 Å². The fourth-order valence-electron chi connectivity index (χ4n) is 2.43. The van der Waals surface area contributed by atoms with E-state index in [9.17, 15) is 4.79 Å². The van der Waals surface area contributed by atoms with Crippen LogP contribution in [0.4, 0.5) is 0 Å². The first-order valence-electron chi connectivity index (χ1n) is 6.65. The molecule has 3 rings (SSSR count). The lowest BCUT2D eigenvalue weighted by Crippen LogP contribution is -1.99. The molecule has 0 aliphatic carbocycles. The van der Waals surface area contributed by atoms with Gasteiger partial charge in [-0.3, -0.25) is 4.79 Å². The number of rotatable bonds is 4. The van der Waals surface area contributed by atoms with Gasteiger partial charge in [-0.25, -0.2) is 0 Å². The van der Waals surface area contributed by atoms with E-state index in [0.717, 1.165) is 31.5 Å². The topological polar surface area (TPSA) is 50.4 Å². The van der Waals surface area contributed by atoms with Crippen molar-refractivity contribution in [1.29, 1.82) is 0 Å². The zero-order valence-corrected chi connectivity index (χ0v) is 14.2. The van der Waals surface area contributed by atoms with E-state index >= 15 is 0 Å². The number of halogens is 1. The number of carboxylic acid groups (broad SMARTS) is 1. The Balaban J connectivity index is 2.12. The molecule has 3 nitrogen and oxygen atoms in total. The highest BCUT2D eigenvalue weighted by molar-refractivity contribution is 9.10. The van der Waals surface area contributed by atoms with Crippen molar-refractivity contribution in [1.82, 2.24) is 0 Å². The summed E-state index contributed by atoms with van der Waals surface area (Å²) in [5, 5.41) is 9.96. The van der Waals surface area contributed by atoms with Crippen LogP contribution in [0.1, 0.15) is 5.76 Å². The summed E-state index contributed by atoms with van der Waals surface area (Å²) in [6.07, 6.45) is 1.83. The first-order chi connectivity index (χ1) is 10.6. The first kappa shape index (κ1) is 15.2. The van der Waals surface area contributed by atoms with E-state index in [1.807, 2.05) is 42.7 Å². The third kappa shape index (κ3) is 2.91. The maximum absolute atomic E-state index is 11.0. The minimum Gasteiger partial charge on any atom is -0.481 e. The summed E-state index contributed by atoms with van der Waals surface area (Å²) in [5.74, 6) is -0.370. The van der Waals surface area contributed by atoms with Crippen LogP contribution in [0.25, 0.3) is 22.1 Å². The number of fused-ring (bicyclic) bond motifs is 1. The molecule has 1 N–H and O–H groups in total. The third-order valence-electron chi connectivity index (χ3n) is 3.40. The summed E-state index contributed by atoms with van der Waals surface area (Å²) in [6, 6.07) is 14.0. The highest BCUT2D eigenvalue weighted by Gasteiger charge is 2.16. The molecule has 0 spiro atoms. The Morgan fingerprint density at radius 3 is 2.50 bits per heavy atom. The van der Waals surface area contributed by atoms with Crippen molar-refractivity contribution in [2.45, 2.75) is 11.3 Å². The molecule has 0 fully saturated rings. The van der Waals surface area contributed by atoms with Crippen LogP contribution >= 0.6 is 27.7 Å². The molecule has 22 heavy (non-hydrogen) atoms. The second kappa shape index (κ2) is 6.18. The standard InChI is InChI=1S/C17H13BrO3S/c1-22-17-13-8-11(10-2-5-12(18)6-3-10)4-7-14(13)21-15(17)9-16(19)20/h2-8H,9H2,1H3,(H,19,20).